The molecule has 1 atom stereocenters. The van der Waals surface area contributed by atoms with E-state index < -0.39 is 0 Å². The van der Waals surface area contributed by atoms with Crippen LogP contribution in [0.4, 0.5) is 0 Å². The van der Waals surface area contributed by atoms with Gasteiger partial charge in [0.05, 0.1) is 23.0 Å². The number of H-pyrrole nitrogens is 1. The van der Waals surface area contributed by atoms with Gasteiger partial charge in [0.1, 0.15) is 5.76 Å². The van der Waals surface area contributed by atoms with Gasteiger partial charge in [0.15, 0.2) is 5.82 Å². The number of nitrogens with zero attached hydrogens (tertiary/aromatic N) is 4. The molecule has 0 bridgehead atoms. The Balaban J connectivity index is 1.46. The van der Waals surface area contributed by atoms with Gasteiger partial charge in [-0.3, -0.25) is 4.90 Å². The summed E-state index contributed by atoms with van der Waals surface area (Å²) in [6, 6.07) is 11.0. The molecule has 0 spiro atoms. The van der Waals surface area contributed by atoms with E-state index in [4.69, 9.17) is 9.51 Å². The van der Waals surface area contributed by atoms with Crippen LogP contribution in [0.25, 0.3) is 22.3 Å². The van der Waals surface area contributed by atoms with Crippen molar-refractivity contribution in [2.75, 3.05) is 6.54 Å². The van der Waals surface area contributed by atoms with Crippen LogP contribution in [0.1, 0.15) is 41.6 Å². The fourth-order valence-corrected chi connectivity index (χ4v) is 4.34. The van der Waals surface area contributed by atoms with Crippen LogP contribution in [0.15, 0.2) is 47.2 Å². The highest BCUT2D eigenvalue weighted by molar-refractivity contribution is 5.82. The number of hydrogen-bond acceptors (Lipinski definition) is 5. The van der Waals surface area contributed by atoms with Crippen molar-refractivity contribution in [3.63, 3.8) is 0 Å². The molecule has 0 amide bonds. The van der Waals surface area contributed by atoms with E-state index in [2.05, 4.69) is 44.3 Å². The molecule has 3 aromatic heterocycles. The van der Waals surface area contributed by atoms with Crippen molar-refractivity contribution in [2.45, 2.75) is 39.3 Å². The van der Waals surface area contributed by atoms with Crippen LogP contribution in [-0.2, 0) is 6.54 Å². The van der Waals surface area contributed by atoms with Crippen LogP contribution >= 0.6 is 0 Å². The number of aromatic nitrogens is 4. The van der Waals surface area contributed by atoms with Crippen LogP contribution in [-0.4, -0.2) is 31.6 Å². The van der Waals surface area contributed by atoms with E-state index in [-0.39, 0.29) is 0 Å². The third kappa shape index (κ3) is 2.90. The summed E-state index contributed by atoms with van der Waals surface area (Å²) in [5, 5.41) is 5.34. The van der Waals surface area contributed by atoms with E-state index >= 15 is 0 Å². The Morgan fingerprint density at radius 1 is 1.21 bits per heavy atom. The SMILES string of the molecule is Cc1noc(C)c1-c1nccc(C2CCCN2Cc2cccc3[nH]ccc23)n1. The minimum Gasteiger partial charge on any atom is -0.361 e. The molecule has 0 saturated carbocycles. The first-order valence-corrected chi connectivity index (χ1v) is 9.76. The lowest BCUT2D eigenvalue weighted by Crippen LogP contribution is -2.23. The van der Waals surface area contributed by atoms with E-state index in [9.17, 15) is 0 Å². The molecule has 6 nitrogen and oxygen atoms in total. The lowest BCUT2D eigenvalue weighted by molar-refractivity contribution is 0.245. The summed E-state index contributed by atoms with van der Waals surface area (Å²) in [6.45, 7) is 5.84. The molecule has 1 saturated heterocycles. The summed E-state index contributed by atoms with van der Waals surface area (Å²) in [5.41, 5.74) is 5.35. The Morgan fingerprint density at radius 2 is 2.14 bits per heavy atom. The third-order valence-electron chi connectivity index (χ3n) is 5.70. The van der Waals surface area contributed by atoms with Crippen molar-refractivity contribution in [3.8, 4) is 11.4 Å². The van der Waals surface area contributed by atoms with Gasteiger partial charge in [-0.2, -0.15) is 0 Å². The minimum atomic E-state index is 0.302. The van der Waals surface area contributed by atoms with Crippen molar-refractivity contribution < 1.29 is 4.52 Å². The summed E-state index contributed by atoms with van der Waals surface area (Å²) in [5.74, 6) is 1.46. The summed E-state index contributed by atoms with van der Waals surface area (Å²) in [6.07, 6.45) is 6.16. The molecule has 1 aliphatic heterocycles. The van der Waals surface area contributed by atoms with Crippen molar-refractivity contribution in [1.29, 1.82) is 0 Å². The number of nitrogens with one attached hydrogen (secondary N) is 1. The zero-order valence-corrected chi connectivity index (χ0v) is 16.1. The lowest BCUT2D eigenvalue weighted by Gasteiger charge is -2.24. The number of likely N-dealkylation sites (tertiary alicyclic amines) is 1. The molecule has 1 N–H and O–H groups in total. The minimum absolute atomic E-state index is 0.302. The maximum atomic E-state index is 5.31. The second-order valence-corrected chi connectivity index (χ2v) is 7.49. The summed E-state index contributed by atoms with van der Waals surface area (Å²) in [4.78, 5) is 15.2. The largest absolute Gasteiger partial charge is 0.361 e. The van der Waals surface area contributed by atoms with Crippen molar-refractivity contribution >= 4 is 10.9 Å². The van der Waals surface area contributed by atoms with Crippen LogP contribution in [0, 0.1) is 13.8 Å². The molecule has 1 fully saturated rings. The molecule has 5 rings (SSSR count). The highest BCUT2D eigenvalue weighted by Gasteiger charge is 2.28. The van der Waals surface area contributed by atoms with Gasteiger partial charge in [-0.1, -0.05) is 17.3 Å². The topological polar surface area (TPSA) is 70.8 Å². The van der Waals surface area contributed by atoms with E-state index in [1.54, 1.807) is 0 Å². The highest BCUT2D eigenvalue weighted by Crippen LogP contribution is 2.34. The molecule has 4 heterocycles. The standard InChI is InChI=1S/C22H23N5O/c1-14-21(15(2)28-26-14)22-24-11-9-19(25-22)20-7-4-12-27(20)13-16-5-3-6-18-17(16)8-10-23-18/h3,5-6,8-11,20,23H,4,7,12-13H2,1-2H3. The molecular formula is C22H23N5O. The number of benzene rings is 1. The van der Waals surface area contributed by atoms with Crippen LogP contribution < -0.4 is 0 Å². The molecule has 1 aromatic carbocycles. The highest BCUT2D eigenvalue weighted by atomic mass is 16.5. The Kier molecular flexibility index (Phi) is 4.20. The molecular weight excluding hydrogens is 350 g/mol. The van der Waals surface area contributed by atoms with E-state index in [0.29, 0.717) is 11.9 Å². The second kappa shape index (κ2) is 6.87. The summed E-state index contributed by atoms with van der Waals surface area (Å²) < 4.78 is 5.31. The predicted molar refractivity (Wildman–Crippen MR) is 108 cm³/mol. The molecule has 1 aliphatic rings. The van der Waals surface area contributed by atoms with Crippen LogP contribution in [0.2, 0.25) is 0 Å². The zero-order chi connectivity index (χ0) is 19.1. The van der Waals surface area contributed by atoms with Gasteiger partial charge in [-0.25, -0.2) is 9.97 Å². The average molecular weight is 373 g/mol. The van der Waals surface area contributed by atoms with Crippen molar-refractivity contribution in [2.24, 2.45) is 0 Å². The molecule has 0 radical (unpaired) electrons. The van der Waals surface area contributed by atoms with E-state index in [0.717, 1.165) is 42.2 Å². The Labute approximate surface area is 163 Å². The summed E-state index contributed by atoms with van der Waals surface area (Å²) >= 11 is 0. The fraction of sp³-hybridized carbons (Fsp3) is 0.318. The Hall–Kier alpha value is -2.99. The first-order valence-electron chi connectivity index (χ1n) is 9.76. The van der Waals surface area contributed by atoms with Gasteiger partial charge in [0, 0.05) is 29.8 Å². The predicted octanol–water partition coefficient (Wildman–Crippen LogP) is 4.57. The molecule has 0 aliphatic carbocycles. The molecule has 142 valence electrons. The molecule has 1 unspecified atom stereocenters. The number of rotatable bonds is 4. The Morgan fingerprint density at radius 3 is 3.00 bits per heavy atom. The number of aromatic amines is 1. The maximum absolute atomic E-state index is 5.31. The van der Waals surface area contributed by atoms with Gasteiger partial charge in [-0.05, 0) is 57.0 Å². The van der Waals surface area contributed by atoms with Gasteiger partial charge in [0.25, 0.3) is 0 Å². The molecule has 28 heavy (non-hydrogen) atoms. The average Bonchev–Trinajstić information content (AvgIpc) is 3.43. The third-order valence-corrected chi connectivity index (χ3v) is 5.70. The van der Waals surface area contributed by atoms with E-state index in [1.807, 2.05) is 32.3 Å². The first-order chi connectivity index (χ1) is 13.7. The number of hydrogen-bond donors (Lipinski definition) is 1. The van der Waals surface area contributed by atoms with E-state index in [1.165, 1.54) is 22.9 Å². The van der Waals surface area contributed by atoms with Crippen molar-refractivity contribution in [1.82, 2.24) is 25.0 Å². The van der Waals surface area contributed by atoms with Gasteiger partial charge >= 0.3 is 0 Å². The smallest absolute Gasteiger partial charge is 0.164 e. The number of fused-ring (bicyclic) bond motifs is 1. The summed E-state index contributed by atoms with van der Waals surface area (Å²) in [7, 11) is 0. The monoisotopic (exact) mass is 373 g/mol. The molecule has 6 heteroatoms. The first kappa shape index (κ1) is 17.1. The van der Waals surface area contributed by atoms with Gasteiger partial charge < -0.3 is 9.51 Å². The zero-order valence-electron chi connectivity index (χ0n) is 16.1. The van der Waals surface area contributed by atoms with Crippen molar-refractivity contribution in [3.05, 3.63) is 65.4 Å². The van der Waals surface area contributed by atoms with Gasteiger partial charge in [-0.15, -0.1) is 0 Å². The molecule has 4 aromatic rings. The quantitative estimate of drug-likeness (QED) is 0.567. The lowest BCUT2D eigenvalue weighted by atomic mass is 10.1. The fourth-order valence-electron chi connectivity index (χ4n) is 4.34. The van der Waals surface area contributed by atoms with Crippen LogP contribution in [0.3, 0.4) is 0 Å². The normalized spacial score (nSPS) is 17.6. The number of aryl methyl sites for hydroxylation is 2. The van der Waals surface area contributed by atoms with Gasteiger partial charge in [0.2, 0.25) is 0 Å². The maximum Gasteiger partial charge on any atom is 0.164 e. The second-order valence-electron chi connectivity index (χ2n) is 7.49. The van der Waals surface area contributed by atoms with Crippen LogP contribution in [0.5, 0.6) is 0 Å². The Bertz CT molecular complexity index is 1110.